The number of benzene rings is 3. The largest absolute Gasteiger partial charge is 0.497 e. The number of hydrogen-bond acceptors (Lipinski definition) is 5. The second-order valence-electron chi connectivity index (χ2n) is 8.56. The van der Waals surface area contributed by atoms with Gasteiger partial charge in [-0.1, -0.05) is 54.1 Å². The van der Waals surface area contributed by atoms with Crippen LogP contribution < -0.4 is 4.74 Å². The van der Waals surface area contributed by atoms with Crippen molar-refractivity contribution in [2.75, 3.05) is 7.11 Å². The SMILES string of the molecule is COc1ccc(S(=O)(=O)N(Cc2ccc(C(=O)CCc3cccc(Cl)c3)cc2)Cc2cccnc2)cc1. The minimum absolute atomic E-state index is 0.0181. The van der Waals surface area contributed by atoms with E-state index in [0.717, 1.165) is 16.7 Å². The number of halogens is 1. The highest BCUT2D eigenvalue weighted by Crippen LogP contribution is 2.24. The molecule has 8 heteroatoms. The van der Waals surface area contributed by atoms with E-state index in [1.165, 1.54) is 23.5 Å². The van der Waals surface area contributed by atoms with Crippen LogP contribution in [-0.4, -0.2) is 30.6 Å². The summed E-state index contributed by atoms with van der Waals surface area (Å²) < 4.78 is 33.7. The molecule has 0 bridgehead atoms. The van der Waals surface area contributed by atoms with Gasteiger partial charge in [0.2, 0.25) is 10.0 Å². The summed E-state index contributed by atoms with van der Waals surface area (Å²) in [5, 5.41) is 0.648. The predicted molar refractivity (Wildman–Crippen MR) is 144 cm³/mol. The molecule has 0 radical (unpaired) electrons. The fourth-order valence-electron chi connectivity index (χ4n) is 3.91. The van der Waals surface area contributed by atoms with E-state index >= 15 is 0 Å². The lowest BCUT2D eigenvalue weighted by atomic mass is 10.0. The smallest absolute Gasteiger partial charge is 0.243 e. The summed E-state index contributed by atoms with van der Waals surface area (Å²) >= 11 is 6.03. The Labute approximate surface area is 222 Å². The molecule has 0 aliphatic carbocycles. The molecule has 6 nitrogen and oxygen atoms in total. The average molecular weight is 535 g/mol. The van der Waals surface area contributed by atoms with E-state index in [-0.39, 0.29) is 23.8 Å². The molecule has 0 fully saturated rings. The van der Waals surface area contributed by atoms with Crippen LogP contribution in [-0.2, 0) is 29.5 Å². The van der Waals surface area contributed by atoms with Gasteiger partial charge in [0.25, 0.3) is 0 Å². The van der Waals surface area contributed by atoms with Gasteiger partial charge in [-0.15, -0.1) is 0 Å². The first kappa shape index (κ1) is 26.5. The van der Waals surface area contributed by atoms with Crippen LogP contribution in [0.2, 0.25) is 5.02 Å². The first-order chi connectivity index (χ1) is 17.8. The van der Waals surface area contributed by atoms with Gasteiger partial charge < -0.3 is 4.74 Å². The van der Waals surface area contributed by atoms with Crippen LogP contribution in [0.4, 0.5) is 0 Å². The number of carbonyl (C=O) groups is 1. The van der Waals surface area contributed by atoms with Crippen molar-refractivity contribution in [1.82, 2.24) is 9.29 Å². The van der Waals surface area contributed by atoms with Gasteiger partial charge in [-0.25, -0.2) is 8.42 Å². The molecule has 4 aromatic rings. The molecule has 0 amide bonds. The lowest BCUT2D eigenvalue weighted by molar-refractivity contribution is 0.0983. The molecular formula is C29H27ClN2O4S. The van der Waals surface area contributed by atoms with Crippen molar-refractivity contribution in [3.05, 3.63) is 125 Å². The quantitative estimate of drug-likeness (QED) is 0.222. The number of Topliss-reactive ketones (excluding diaryl/α,β-unsaturated/α-hetero) is 1. The lowest BCUT2D eigenvalue weighted by Crippen LogP contribution is -2.30. The van der Waals surface area contributed by atoms with E-state index in [4.69, 9.17) is 16.3 Å². The average Bonchev–Trinajstić information content (AvgIpc) is 2.92. The zero-order chi connectivity index (χ0) is 26.3. The number of sulfonamides is 1. The number of methoxy groups -OCH3 is 1. The molecule has 190 valence electrons. The molecule has 0 spiro atoms. The molecule has 3 aromatic carbocycles. The Bertz CT molecular complexity index is 1440. The third-order valence-electron chi connectivity index (χ3n) is 5.94. The number of ketones is 1. The number of ether oxygens (including phenoxy) is 1. The van der Waals surface area contributed by atoms with Crippen LogP contribution >= 0.6 is 11.6 Å². The van der Waals surface area contributed by atoms with Crippen LogP contribution in [0.1, 0.15) is 33.5 Å². The molecule has 37 heavy (non-hydrogen) atoms. The Balaban J connectivity index is 1.51. The van der Waals surface area contributed by atoms with Gasteiger partial charge in [-0.3, -0.25) is 9.78 Å². The summed E-state index contributed by atoms with van der Waals surface area (Å²) in [7, 11) is -2.29. The summed E-state index contributed by atoms with van der Waals surface area (Å²) in [6.45, 7) is 0.294. The number of hydrogen-bond donors (Lipinski definition) is 0. The summed E-state index contributed by atoms with van der Waals surface area (Å²) in [6.07, 6.45) is 4.25. The second kappa shape index (κ2) is 12.1. The van der Waals surface area contributed by atoms with E-state index in [2.05, 4.69) is 4.98 Å². The molecule has 0 unspecified atom stereocenters. The number of pyridine rings is 1. The first-order valence-electron chi connectivity index (χ1n) is 11.7. The van der Waals surface area contributed by atoms with Crippen molar-refractivity contribution in [3.8, 4) is 5.75 Å². The van der Waals surface area contributed by atoms with Crippen molar-refractivity contribution in [3.63, 3.8) is 0 Å². The Morgan fingerprint density at radius 3 is 2.24 bits per heavy atom. The van der Waals surface area contributed by atoms with Gasteiger partial charge in [-0.2, -0.15) is 4.31 Å². The summed E-state index contributed by atoms with van der Waals surface area (Å²) in [5.74, 6) is 0.595. The molecule has 0 atom stereocenters. The molecule has 1 aromatic heterocycles. The molecule has 0 saturated carbocycles. The zero-order valence-electron chi connectivity index (χ0n) is 20.4. The van der Waals surface area contributed by atoms with E-state index in [9.17, 15) is 13.2 Å². The number of aromatic nitrogens is 1. The molecule has 1 heterocycles. The van der Waals surface area contributed by atoms with Crippen LogP contribution in [0.3, 0.4) is 0 Å². The number of rotatable bonds is 11. The predicted octanol–water partition coefficient (Wildman–Crippen LogP) is 5.95. The highest BCUT2D eigenvalue weighted by atomic mass is 35.5. The van der Waals surface area contributed by atoms with Crippen LogP contribution in [0.5, 0.6) is 5.75 Å². The van der Waals surface area contributed by atoms with E-state index in [0.29, 0.717) is 29.2 Å². The molecule has 0 aliphatic rings. The maximum absolute atomic E-state index is 13.6. The lowest BCUT2D eigenvalue weighted by Gasteiger charge is -2.23. The third kappa shape index (κ3) is 7.04. The minimum Gasteiger partial charge on any atom is -0.497 e. The molecule has 0 N–H and O–H groups in total. The summed E-state index contributed by atoms with van der Waals surface area (Å²) in [4.78, 5) is 17.0. The molecule has 0 aliphatic heterocycles. The maximum Gasteiger partial charge on any atom is 0.243 e. The fourth-order valence-corrected chi connectivity index (χ4v) is 5.54. The standard InChI is InChI=1S/C29H27ClN2O4S/c1-36-27-12-14-28(15-13-27)37(34,35)32(21-24-5-3-17-31-19-24)20-23-7-10-25(11-8-23)29(33)16-9-22-4-2-6-26(30)18-22/h2-8,10-15,17-19H,9,16,20-21H2,1H3. The van der Waals surface area contributed by atoms with Crippen LogP contribution in [0.25, 0.3) is 0 Å². The van der Waals surface area contributed by atoms with Gasteiger partial charge in [0.15, 0.2) is 5.78 Å². The summed E-state index contributed by atoms with van der Waals surface area (Å²) in [6, 6.07) is 24.5. The second-order valence-corrected chi connectivity index (χ2v) is 10.9. The van der Waals surface area contributed by atoms with E-state index in [1.807, 2.05) is 24.3 Å². The van der Waals surface area contributed by atoms with Gasteiger partial charge in [-0.05, 0) is 65.6 Å². The Hall–Kier alpha value is -3.52. The Morgan fingerprint density at radius 2 is 1.59 bits per heavy atom. The maximum atomic E-state index is 13.6. The van der Waals surface area contributed by atoms with Gasteiger partial charge in [0.1, 0.15) is 5.75 Å². The fraction of sp³-hybridized carbons (Fsp3) is 0.172. The van der Waals surface area contributed by atoms with Crippen molar-refractivity contribution in [2.24, 2.45) is 0 Å². The zero-order valence-corrected chi connectivity index (χ0v) is 22.0. The minimum atomic E-state index is -3.82. The van der Waals surface area contributed by atoms with E-state index in [1.54, 1.807) is 60.9 Å². The third-order valence-corrected chi connectivity index (χ3v) is 7.98. The highest BCUT2D eigenvalue weighted by Gasteiger charge is 2.25. The van der Waals surface area contributed by atoms with E-state index < -0.39 is 10.0 Å². The van der Waals surface area contributed by atoms with Crippen molar-refractivity contribution in [2.45, 2.75) is 30.8 Å². The monoisotopic (exact) mass is 534 g/mol. The molecule has 0 saturated heterocycles. The van der Waals surface area contributed by atoms with Crippen LogP contribution in [0.15, 0.2) is 102 Å². The number of aryl methyl sites for hydroxylation is 1. The topological polar surface area (TPSA) is 76.6 Å². The Morgan fingerprint density at radius 1 is 0.892 bits per heavy atom. The van der Waals surface area contributed by atoms with Crippen molar-refractivity contribution in [1.29, 1.82) is 0 Å². The molecular weight excluding hydrogens is 508 g/mol. The van der Waals surface area contributed by atoms with Gasteiger partial charge in [0, 0.05) is 42.5 Å². The number of nitrogens with zero attached hydrogens (tertiary/aromatic N) is 2. The van der Waals surface area contributed by atoms with Crippen LogP contribution in [0, 0.1) is 0 Å². The summed E-state index contributed by atoms with van der Waals surface area (Å²) in [5.41, 5.74) is 3.13. The first-order valence-corrected chi connectivity index (χ1v) is 13.6. The number of carbonyl (C=O) groups excluding carboxylic acids is 1. The molecule has 4 rings (SSSR count). The van der Waals surface area contributed by atoms with Crippen molar-refractivity contribution < 1.29 is 17.9 Å². The van der Waals surface area contributed by atoms with Gasteiger partial charge in [0.05, 0.1) is 12.0 Å². The van der Waals surface area contributed by atoms with Gasteiger partial charge >= 0.3 is 0 Å². The highest BCUT2D eigenvalue weighted by molar-refractivity contribution is 7.89. The Kier molecular flexibility index (Phi) is 8.71. The van der Waals surface area contributed by atoms with Crippen molar-refractivity contribution >= 4 is 27.4 Å². The normalized spacial score (nSPS) is 11.4.